The Labute approximate surface area is 115 Å². The first-order valence-electron chi connectivity index (χ1n) is 5.95. The third-order valence-electron chi connectivity index (χ3n) is 2.55. The molecule has 0 spiro atoms. The molecule has 0 unspecified atom stereocenters. The standard InChI is InChI=1S/C14H15FO3S/c1-8(2)17-13(16)7-12-14(19-3)10-6-9(15)4-5-11(10)18-12/h4-6,8H,7H2,1-3H3. The Kier molecular flexibility index (Phi) is 4.14. The lowest BCUT2D eigenvalue weighted by Crippen LogP contribution is -2.13. The number of furan rings is 1. The molecule has 0 radical (unpaired) electrons. The highest BCUT2D eigenvalue weighted by molar-refractivity contribution is 7.98. The lowest BCUT2D eigenvalue weighted by molar-refractivity contribution is -0.146. The van der Waals surface area contributed by atoms with E-state index in [4.69, 9.17) is 9.15 Å². The highest BCUT2D eigenvalue weighted by Crippen LogP contribution is 2.33. The minimum atomic E-state index is -0.343. The van der Waals surface area contributed by atoms with Gasteiger partial charge in [-0.05, 0) is 38.3 Å². The third kappa shape index (κ3) is 3.10. The quantitative estimate of drug-likeness (QED) is 0.632. The first kappa shape index (κ1) is 13.9. The minimum Gasteiger partial charge on any atom is -0.463 e. The van der Waals surface area contributed by atoms with Crippen molar-refractivity contribution in [3.05, 3.63) is 29.8 Å². The van der Waals surface area contributed by atoms with Gasteiger partial charge in [0.05, 0.1) is 11.0 Å². The number of rotatable bonds is 4. The molecule has 0 saturated heterocycles. The zero-order valence-corrected chi connectivity index (χ0v) is 11.8. The normalized spacial score (nSPS) is 11.2. The molecule has 0 aliphatic rings. The summed E-state index contributed by atoms with van der Waals surface area (Å²) < 4.78 is 24.0. The fourth-order valence-corrected chi connectivity index (χ4v) is 2.59. The van der Waals surface area contributed by atoms with Gasteiger partial charge < -0.3 is 9.15 Å². The van der Waals surface area contributed by atoms with Gasteiger partial charge in [0.15, 0.2) is 0 Å². The number of carbonyl (C=O) groups is 1. The van der Waals surface area contributed by atoms with E-state index in [0.717, 1.165) is 4.90 Å². The van der Waals surface area contributed by atoms with Crippen LogP contribution in [0.1, 0.15) is 19.6 Å². The van der Waals surface area contributed by atoms with Crippen LogP contribution in [0.15, 0.2) is 27.5 Å². The average Bonchev–Trinajstić information content (AvgIpc) is 2.64. The number of fused-ring (bicyclic) bond motifs is 1. The maximum absolute atomic E-state index is 13.3. The number of esters is 1. The van der Waals surface area contributed by atoms with Gasteiger partial charge in [-0.2, -0.15) is 0 Å². The van der Waals surface area contributed by atoms with Crippen molar-refractivity contribution >= 4 is 28.7 Å². The van der Waals surface area contributed by atoms with Crippen molar-refractivity contribution in [2.45, 2.75) is 31.3 Å². The molecule has 19 heavy (non-hydrogen) atoms. The van der Waals surface area contributed by atoms with Crippen LogP contribution < -0.4 is 0 Å². The van der Waals surface area contributed by atoms with Crippen LogP contribution in [-0.2, 0) is 16.0 Å². The maximum atomic E-state index is 13.3. The lowest BCUT2D eigenvalue weighted by Gasteiger charge is -2.06. The van der Waals surface area contributed by atoms with E-state index >= 15 is 0 Å². The molecule has 0 saturated carbocycles. The van der Waals surface area contributed by atoms with E-state index in [1.807, 2.05) is 6.26 Å². The number of benzene rings is 1. The molecule has 0 fully saturated rings. The Hall–Kier alpha value is -1.49. The molecule has 0 atom stereocenters. The van der Waals surface area contributed by atoms with Gasteiger partial charge in [-0.15, -0.1) is 11.8 Å². The summed E-state index contributed by atoms with van der Waals surface area (Å²) in [5.74, 6) is -0.136. The van der Waals surface area contributed by atoms with E-state index in [2.05, 4.69) is 0 Å². The van der Waals surface area contributed by atoms with E-state index in [9.17, 15) is 9.18 Å². The second kappa shape index (κ2) is 5.65. The molecule has 1 heterocycles. The number of hydrogen-bond donors (Lipinski definition) is 0. The number of carbonyl (C=O) groups excluding carboxylic acids is 1. The highest BCUT2D eigenvalue weighted by Gasteiger charge is 2.18. The first-order chi connectivity index (χ1) is 9.01. The summed E-state index contributed by atoms with van der Waals surface area (Å²) in [6, 6.07) is 4.33. The van der Waals surface area contributed by atoms with Crippen molar-refractivity contribution in [3.8, 4) is 0 Å². The molecule has 3 nitrogen and oxygen atoms in total. The Morgan fingerprint density at radius 3 is 2.84 bits per heavy atom. The molecule has 1 aromatic carbocycles. The van der Waals surface area contributed by atoms with Gasteiger partial charge in [-0.25, -0.2) is 4.39 Å². The topological polar surface area (TPSA) is 39.4 Å². The molecular formula is C14H15FO3S. The predicted molar refractivity (Wildman–Crippen MR) is 72.9 cm³/mol. The van der Waals surface area contributed by atoms with E-state index in [-0.39, 0.29) is 24.3 Å². The Morgan fingerprint density at radius 2 is 2.21 bits per heavy atom. The van der Waals surface area contributed by atoms with Crippen LogP contribution in [-0.4, -0.2) is 18.3 Å². The van der Waals surface area contributed by atoms with Crippen LogP contribution in [0.3, 0.4) is 0 Å². The highest BCUT2D eigenvalue weighted by atomic mass is 32.2. The first-order valence-corrected chi connectivity index (χ1v) is 7.18. The van der Waals surface area contributed by atoms with Crippen LogP contribution in [0.4, 0.5) is 4.39 Å². The van der Waals surface area contributed by atoms with Crippen LogP contribution in [0.2, 0.25) is 0 Å². The number of ether oxygens (including phenoxy) is 1. The molecule has 2 aromatic rings. The molecule has 0 bridgehead atoms. The van der Waals surface area contributed by atoms with Gasteiger partial charge in [-0.1, -0.05) is 0 Å². The van der Waals surface area contributed by atoms with Crippen molar-refractivity contribution in [2.75, 3.05) is 6.26 Å². The van der Waals surface area contributed by atoms with Crippen molar-refractivity contribution in [3.63, 3.8) is 0 Å². The molecule has 0 aliphatic heterocycles. The second-order valence-electron chi connectivity index (χ2n) is 4.41. The summed E-state index contributed by atoms with van der Waals surface area (Å²) in [4.78, 5) is 12.5. The van der Waals surface area contributed by atoms with Crippen molar-refractivity contribution < 1.29 is 18.3 Å². The summed E-state index contributed by atoms with van der Waals surface area (Å²) in [6.07, 6.45) is 1.77. The van der Waals surface area contributed by atoms with Crippen LogP contribution in [0.5, 0.6) is 0 Å². The third-order valence-corrected chi connectivity index (χ3v) is 3.40. The van der Waals surface area contributed by atoms with Gasteiger partial charge in [0.1, 0.15) is 23.6 Å². The fourth-order valence-electron chi connectivity index (χ4n) is 1.87. The lowest BCUT2D eigenvalue weighted by atomic mass is 10.2. The largest absolute Gasteiger partial charge is 0.463 e. The van der Waals surface area contributed by atoms with Gasteiger partial charge in [0, 0.05) is 5.39 Å². The van der Waals surface area contributed by atoms with E-state index in [0.29, 0.717) is 16.7 Å². The van der Waals surface area contributed by atoms with Crippen molar-refractivity contribution in [2.24, 2.45) is 0 Å². The summed E-state index contributed by atoms with van der Waals surface area (Å²) in [5.41, 5.74) is 0.582. The van der Waals surface area contributed by atoms with Crippen molar-refractivity contribution in [1.29, 1.82) is 0 Å². The predicted octanol–water partition coefficient (Wildman–Crippen LogP) is 3.79. The van der Waals surface area contributed by atoms with E-state index in [1.54, 1.807) is 19.9 Å². The maximum Gasteiger partial charge on any atom is 0.313 e. The molecule has 102 valence electrons. The molecule has 5 heteroatoms. The summed E-state index contributed by atoms with van der Waals surface area (Å²) in [6.45, 7) is 3.59. The zero-order valence-electron chi connectivity index (χ0n) is 11.0. The van der Waals surface area contributed by atoms with Gasteiger partial charge in [0.2, 0.25) is 0 Å². The van der Waals surface area contributed by atoms with Crippen LogP contribution in [0.25, 0.3) is 11.0 Å². The number of thioether (sulfide) groups is 1. The molecule has 2 rings (SSSR count). The molecule has 1 aromatic heterocycles. The molecule has 0 N–H and O–H groups in total. The van der Waals surface area contributed by atoms with Crippen LogP contribution >= 0.6 is 11.8 Å². The van der Waals surface area contributed by atoms with Gasteiger partial charge in [0.25, 0.3) is 0 Å². The molecular weight excluding hydrogens is 267 g/mol. The van der Waals surface area contributed by atoms with E-state index in [1.165, 1.54) is 23.9 Å². The number of halogens is 1. The SMILES string of the molecule is CSc1c(CC(=O)OC(C)C)oc2ccc(F)cc12. The summed E-state index contributed by atoms with van der Waals surface area (Å²) in [7, 11) is 0. The van der Waals surface area contributed by atoms with Crippen LogP contribution in [0, 0.1) is 5.82 Å². The van der Waals surface area contributed by atoms with Gasteiger partial charge in [-0.3, -0.25) is 4.79 Å². The minimum absolute atomic E-state index is 0.0602. The fraction of sp³-hybridized carbons (Fsp3) is 0.357. The zero-order chi connectivity index (χ0) is 14.0. The smallest absolute Gasteiger partial charge is 0.313 e. The number of hydrogen-bond acceptors (Lipinski definition) is 4. The van der Waals surface area contributed by atoms with E-state index < -0.39 is 0 Å². The van der Waals surface area contributed by atoms with Crippen molar-refractivity contribution in [1.82, 2.24) is 0 Å². The van der Waals surface area contributed by atoms with Gasteiger partial charge >= 0.3 is 5.97 Å². The Morgan fingerprint density at radius 1 is 1.47 bits per heavy atom. The Balaban J connectivity index is 2.35. The summed E-state index contributed by atoms with van der Waals surface area (Å²) in [5, 5.41) is 0.694. The monoisotopic (exact) mass is 282 g/mol. The molecule has 0 aliphatic carbocycles. The average molecular weight is 282 g/mol. The second-order valence-corrected chi connectivity index (χ2v) is 5.23. The molecule has 0 amide bonds. The summed E-state index contributed by atoms with van der Waals surface area (Å²) >= 11 is 1.43. The Bertz CT molecular complexity index is 604.